The highest BCUT2D eigenvalue weighted by atomic mass is 16.4. The Balaban J connectivity index is 0.000000363. The Morgan fingerprint density at radius 2 is 1.54 bits per heavy atom. The molecule has 6 N–H and O–H groups in total. The summed E-state index contributed by atoms with van der Waals surface area (Å²) in [4.78, 5) is 19.9. The van der Waals surface area contributed by atoms with Crippen LogP contribution in [0.4, 0.5) is 0 Å². The first kappa shape index (κ1) is 22.8. The zero-order chi connectivity index (χ0) is 19.0. The van der Waals surface area contributed by atoms with E-state index < -0.39 is 18.0 Å². The first-order chi connectivity index (χ1) is 11.0. The molecule has 0 amide bonds. The topological polar surface area (TPSA) is 141 Å². The van der Waals surface area contributed by atoms with Crippen molar-refractivity contribution < 1.29 is 30.0 Å². The summed E-state index contributed by atoms with van der Waals surface area (Å²) in [5.41, 5.74) is 6.37. The second kappa shape index (κ2) is 9.96. The van der Waals surface area contributed by atoms with Crippen LogP contribution in [0.15, 0.2) is 0 Å². The van der Waals surface area contributed by atoms with Gasteiger partial charge in [-0.3, -0.25) is 9.59 Å². The molecule has 2 rings (SSSR count). The molecule has 1 atom stereocenters. The van der Waals surface area contributed by atoms with Crippen molar-refractivity contribution in [2.24, 2.45) is 22.5 Å². The highest BCUT2D eigenvalue weighted by Gasteiger charge is 2.55. The summed E-state index contributed by atoms with van der Waals surface area (Å²) in [7, 11) is 0. The van der Waals surface area contributed by atoms with E-state index in [1.54, 1.807) is 0 Å². The molecule has 0 aliphatic heterocycles. The Hall–Kier alpha value is -1.18. The second-order valence-electron chi connectivity index (χ2n) is 7.38. The van der Waals surface area contributed by atoms with Gasteiger partial charge < -0.3 is 26.2 Å². The molecule has 0 heterocycles. The van der Waals surface area contributed by atoms with E-state index in [0.717, 1.165) is 5.92 Å². The molecule has 0 spiro atoms. The van der Waals surface area contributed by atoms with Gasteiger partial charge in [0, 0.05) is 6.42 Å². The Bertz CT molecular complexity index is 397. The smallest absolute Gasteiger partial charge is 0.320 e. The van der Waals surface area contributed by atoms with Crippen molar-refractivity contribution in [2.45, 2.75) is 65.3 Å². The largest absolute Gasteiger partial charge is 0.481 e. The van der Waals surface area contributed by atoms with Crippen molar-refractivity contribution in [3.8, 4) is 0 Å². The van der Waals surface area contributed by atoms with Gasteiger partial charge in [0.15, 0.2) is 0 Å². The van der Waals surface area contributed by atoms with Crippen LogP contribution in [0, 0.1) is 16.7 Å². The van der Waals surface area contributed by atoms with E-state index in [2.05, 4.69) is 20.8 Å². The predicted octanol–water partition coefficient (Wildman–Crippen LogP) is 1.46. The molecular formula is C17H33NO6. The Kier molecular flexibility index (Phi) is 9.47. The summed E-state index contributed by atoms with van der Waals surface area (Å²) < 4.78 is 0. The van der Waals surface area contributed by atoms with Crippen LogP contribution in [-0.4, -0.2) is 51.6 Å². The monoisotopic (exact) mass is 347 g/mol. The minimum Gasteiger partial charge on any atom is -0.481 e. The predicted molar refractivity (Wildman–Crippen MR) is 90.5 cm³/mol. The van der Waals surface area contributed by atoms with Crippen LogP contribution in [0.5, 0.6) is 0 Å². The molecule has 2 saturated carbocycles. The molecular weight excluding hydrogens is 314 g/mol. The van der Waals surface area contributed by atoms with Crippen molar-refractivity contribution in [1.29, 1.82) is 0 Å². The average molecular weight is 347 g/mol. The van der Waals surface area contributed by atoms with Gasteiger partial charge in [-0.2, -0.15) is 0 Å². The fourth-order valence-electron chi connectivity index (χ4n) is 3.52. The summed E-state index contributed by atoms with van der Waals surface area (Å²) in [6.07, 6.45) is 5.76. The number of hydrogen-bond donors (Lipinski definition) is 5. The van der Waals surface area contributed by atoms with Crippen molar-refractivity contribution in [3.63, 3.8) is 0 Å². The first-order valence-corrected chi connectivity index (χ1v) is 8.43. The maximum Gasteiger partial charge on any atom is 0.320 e. The highest BCUT2D eigenvalue weighted by molar-refractivity contribution is 5.74. The maximum absolute atomic E-state index is 9.99. The Morgan fingerprint density at radius 3 is 1.71 bits per heavy atom. The zero-order valence-electron chi connectivity index (χ0n) is 15.0. The van der Waals surface area contributed by atoms with Gasteiger partial charge >= 0.3 is 11.9 Å². The summed E-state index contributed by atoms with van der Waals surface area (Å²) in [5.74, 6) is -1.14. The maximum atomic E-state index is 9.99. The quantitative estimate of drug-likeness (QED) is 0.507. The van der Waals surface area contributed by atoms with Crippen LogP contribution in [0.2, 0.25) is 0 Å². The molecule has 2 aliphatic rings. The highest BCUT2D eigenvalue weighted by Crippen LogP contribution is 2.65. The standard InChI is InChI=1S/C10H18.C5H9NO4.C2H6O2/c1-9(2)8-4-6-10(9,3)7-5-8;6-3(5(9)10)1-2-4(7)8;3-1-2-4/h8H,4-7H2,1-3H3;3H,1-2,6H2,(H,7,8)(H,9,10);3-4H,1-2H2. The average Bonchev–Trinajstić information content (AvgIpc) is 2.88. The number of fused-ring (bicyclic) bond motifs is 2. The summed E-state index contributed by atoms with van der Waals surface area (Å²) in [6.45, 7) is 7.18. The van der Waals surface area contributed by atoms with Crippen LogP contribution in [0.25, 0.3) is 0 Å². The zero-order valence-corrected chi connectivity index (χ0v) is 15.0. The van der Waals surface area contributed by atoms with Crippen molar-refractivity contribution in [3.05, 3.63) is 0 Å². The molecule has 0 saturated heterocycles. The molecule has 0 aromatic carbocycles. The minimum atomic E-state index is -1.17. The molecule has 0 radical (unpaired) electrons. The number of carboxylic acid groups (broad SMARTS) is 2. The molecule has 2 bridgehead atoms. The molecule has 24 heavy (non-hydrogen) atoms. The molecule has 1 unspecified atom stereocenters. The number of aliphatic hydroxyl groups excluding tert-OH is 2. The molecule has 7 nitrogen and oxygen atoms in total. The van der Waals surface area contributed by atoms with Gasteiger partial charge in [0.25, 0.3) is 0 Å². The molecule has 142 valence electrons. The number of carbonyl (C=O) groups is 2. The lowest BCUT2D eigenvalue weighted by atomic mass is 9.71. The van der Waals surface area contributed by atoms with Crippen molar-refractivity contribution in [1.82, 2.24) is 0 Å². The van der Waals surface area contributed by atoms with Crippen molar-refractivity contribution in [2.75, 3.05) is 13.2 Å². The number of carboxylic acids is 2. The van der Waals surface area contributed by atoms with E-state index in [9.17, 15) is 9.59 Å². The fraction of sp³-hybridized carbons (Fsp3) is 0.882. The van der Waals surface area contributed by atoms with E-state index in [1.807, 2.05) is 0 Å². The number of hydrogen-bond acceptors (Lipinski definition) is 5. The summed E-state index contributed by atoms with van der Waals surface area (Å²) in [6, 6.07) is -1.06. The lowest BCUT2D eigenvalue weighted by Gasteiger charge is -2.34. The van der Waals surface area contributed by atoms with Gasteiger partial charge in [0.2, 0.25) is 0 Å². The molecule has 2 aliphatic carbocycles. The van der Waals surface area contributed by atoms with Gasteiger partial charge in [-0.05, 0) is 48.9 Å². The van der Waals surface area contributed by atoms with Gasteiger partial charge in [0.1, 0.15) is 6.04 Å². The van der Waals surface area contributed by atoms with Crippen LogP contribution in [0.1, 0.15) is 59.3 Å². The van der Waals surface area contributed by atoms with Gasteiger partial charge in [-0.15, -0.1) is 0 Å². The van der Waals surface area contributed by atoms with Gasteiger partial charge in [-0.25, -0.2) is 0 Å². The third-order valence-electron chi connectivity index (χ3n) is 5.75. The SMILES string of the molecule is CC12CCC(CC1)C2(C)C.NC(CCC(=O)O)C(=O)O.OCCO. The van der Waals surface area contributed by atoms with E-state index in [0.29, 0.717) is 10.8 Å². The van der Waals surface area contributed by atoms with E-state index in [-0.39, 0.29) is 26.1 Å². The summed E-state index contributed by atoms with van der Waals surface area (Å²) in [5, 5.41) is 31.5. The number of rotatable bonds is 5. The Morgan fingerprint density at radius 1 is 1.08 bits per heavy atom. The molecule has 0 aromatic rings. The van der Waals surface area contributed by atoms with Gasteiger partial charge in [-0.1, -0.05) is 20.8 Å². The number of aliphatic hydroxyl groups is 2. The van der Waals surface area contributed by atoms with Crippen LogP contribution >= 0.6 is 0 Å². The van der Waals surface area contributed by atoms with E-state index in [1.165, 1.54) is 25.7 Å². The van der Waals surface area contributed by atoms with Gasteiger partial charge in [0.05, 0.1) is 13.2 Å². The van der Waals surface area contributed by atoms with Crippen LogP contribution in [-0.2, 0) is 9.59 Å². The van der Waals surface area contributed by atoms with Crippen molar-refractivity contribution >= 4 is 11.9 Å². The Labute approximate surface area is 143 Å². The lowest BCUT2D eigenvalue weighted by molar-refractivity contribution is -0.139. The molecule has 0 aromatic heterocycles. The van der Waals surface area contributed by atoms with E-state index >= 15 is 0 Å². The number of nitrogens with two attached hydrogens (primary N) is 1. The third-order valence-corrected chi connectivity index (χ3v) is 5.75. The first-order valence-electron chi connectivity index (χ1n) is 8.43. The molecule has 7 heteroatoms. The normalized spacial score (nSPS) is 27.3. The second-order valence-corrected chi connectivity index (χ2v) is 7.38. The van der Waals surface area contributed by atoms with Crippen LogP contribution in [0.3, 0.4) is 0 Å². The minimum absolute atomic E-state index is 0.0231. The van der Waals surface area contributed by atoms with E-state index in [4.69, 9.17) is 26.2 Å². The summed E-state index contributed by atoms with van der Waals surface area (Å²) >= 11 is 0. The number of aliphatic carboxylic acids is 2. The van der Waals surface area contributed by atoms with Crippen LogP contribution < -0.4 is 5.73 Å². The molecule has 2 fully saturated rings. The third kappa shape index (κ3) is 6.37. The fourth-order valence-corrected chi connectivity index (χ4v) is 3.52. The lowest BCUT2D eigenvalue weighted by Crippen LogP contribution is -2.30.